The van der Waals surface area contributed by atoms with Gasteiger partial charge < -0.3 is 0 Å². The average molecular weight is 305 g/mol. The first-order valence-electron chi connectivity index (χ1n) is 3.89. The highest BCUT2D eigenvalue weighted by molar-refractivity contribution is 14.1. The van der Waals surface area contributed by atoms with E-state index in [9.17, 15) is 14.9 Å². The van der Waals surface area contributed by atoms with E-state index in [2.05, 4.69) is 0 Å². The molecular weight excluding hydrogens is 297 g/mol. The second-order valence-electron chi connectivity index (χ2n) is 2.91. The van der Waals surface area contributed by atoms with Gasteiger partial charge in [-0.15, -0.1) is 0 Å². The Morgan fingerprint density at radius 2 is 2.07 bits per heavy atom. The molecule has 0 saturated heterocycles. The molecule has 0 bridgehead atoms. The highest BCUT2D eigenvalue weighted by Gasteiger charge is 2.17. The van der Waals surface area contributed by atoms with Crippen molar-refractivity contribution >= 4 is 34.1 Å². The fourth-order valence-electron chi connectivity index (χ4n) is 1.22. The smallest absolute Gasteiger partial charge is 0.274 e. The van der Waals surface area contributed by atoms with Crippen molar-refractivity contribution < 1.29 is 9.72 Å². The van der Waals surface area contributed by atoms with Crippen LogP contribution >= 0.6 is 22.6 Å². The van der Waals surface area contributed by atoms with Crippen LogP contribution < -0.4 is 0 Å². The summed E-state index contributed by atoms with van der Waals surface area (Å²) in [4.78, 5) is 21.3. The summed E-state index contributed by atoms with van der Waals surface area (Å²) in [6.07, 6.45) is 0. The second kappa shape index (κ2) is 4.04. The van der Waals surface area contributed by atoms with E-state index in [1.807, 2.05) is 22.6 Å². The normalized spacial score (nSPS) is 9.93. The molecule has 0 aliphatic carbocycles. The number of carbonyl (C=O) groups is 1. The van der Waals surface area contributed by atoms with Gasteiger partial charge in [0.2, 0.25) is 0 Å². The molecule has 0 spiro atoms. The van der Waals surface area contributed by atoms with Crippen molar-refractivity contribution in [3.05, 3.63) is 36.9 Å². The lowest BCUT2D eigenvalue weighted by Gasteiger charge is -2.03. The van der Waals surface area contributed by atoms with E-state index in [4.69, 9.17) is 0 Å². The van der Waals surface area contributed by atoms with E-state index in [0.717, 1.165) is 0 Å². The van der Waals surface area contributed by atoms with E-state index in [1.165, 1.54) is 13.0 Å². The summed E-state index contributed by atoms with van der Waals surface area (Å²) in [6.45, 7) is 2.99. The molecule has 74 valence electrons. The second-order valence-corrected chi connectivity index (χ2v) is 4.16. The van der Waals surface area contributed by atoms with E-state index >= 15 is 0 Å². The fraction of sp³-hybridized carbons (Fsp3) is 0.222. The van der Waals surface area contributed by atoms with E-state index in [0.29, 0.717) is 14.7 Å². The molecule has 0 aromatic heterocycles. The molecule has 0 N–H and O–H groups in total. The van der Waals surface area contributed by atoms with Crippen LogP contribution in [0.5, 0.6) is 0 Å². The highest BCUT2D eigenvalue weighted by Crippen LogP contribution is 2.24. The van der Waals surface area contributed by atoms with Crippen LogP contribution in [0.1, 0.15) is 22.8 Å². The van der Waals surface area contributed by atoms with Gasteiger partial charge in [-0.2, -0.15) is 0 Å². The third-order valence-corrected chi connectivity index (χ3v) is 2.54. The van der Waals surface area contributed by atoms with Gasteiger partial charge in [0, 0.05) is 20.8 Å². The van der Waals surface area contributed by atoms with Gasteiger partial charge in [0.15, 0.2) is 5.78 Å². The summed E-state index contributed by atoms with van der Waals surface area (Å²) >= 11 is 1.96. The molecular formula is C9H8INO3. The highest BCUT2D eigenvalue weighted by atomic mass is 127. The molecule has 0 heterocycles. The molecule has 0 atom stereocenters. The lowest BCUT2D eigenvalue weighted by Crippen LogP contribution is -2.01. The van der Waals surface area contributed by atoms with E-state index in [-0.39, 0.29) is 11.5 Å². The molecule has 0 amide bonds. The number of nitro groups is 1. The number of nitro benzene ring substituents is 1. The van der Waals surface area contributed by atoms with Crippen molar-refractivity contribution in [2.75, 3.05) is 0 Å². The summed E-state index contributed by atoms with van der Waals surface area (Å²) in [7, 11) is 0. The maximum atomic E-state index is 11.2. The number of ketones is 1. The number of rotatable bonds is 2. The Morgan fingerprint density at radius 3 is 2.50 bits per heavy atom. The minimum absolute atomic E-state index is 0.00194. The molecule has 5 heteroatoms. The van der Waals surface area contributed by atoms with E-state index < -0.39 is 4.92 Å². The standard InChI is InChI=1S/C9H8INO3/c1-5-8(6(2)12)3-7(10)4-9(5)11(13)14/h3-4H,1-2H3. The predicted molar refractivity (Wildman–Crippen MR) is 60.6 cm³/mol. The number of hydrogen-bond donors (Lipinski definition) is 0. The third kappa shape index (κ3) is 2.09. The first-order chi connectivity index (χ1) is 6.43. The number of Topliss-reactive ketones (excluding diaryl/α,β-unsaturated/α-hetero) is 1. The van der Waals surface area contributed by atoms with Gasteiger partial charge >= 0.3 is 0 Å². The summed E-state index contributed by atoms with van der Waals surface area (Å²) in [6, 6.07) is 3.12. The zero-order valence-corrected chi connectivity index (χ0v) is 9.86. The molecule has 0 aliphatic heterocycles. The molecule has 0 saturated carbocycles. The Kier molecular flexibility index (Phi) is 3.20. The Labute approximate surface area is 94.6 Å². The summed E-state index contributed by atoms with van der Waals surface area (Å²) < 4.78 is 0.699. The SMILES string of the molecule is CC(=O)c1cc(I)cc([N+](=O)[O-])c1C. The Balaban J connectivity index is 3.47. The van der Waals surface area contributed by atoms with Crippen LogP contribution in [0.2, 0.25) is 0 Å². The van der Waals surface area contributed by atoms with Gasteiger partial charge in [-0.05, 0) is 42.5 Å². The number of hydrogen-bond acceptors (Lipinski definition) is 3. The van der Waals surface area contributed by atoms with Crippen molar-refractivity contribution in [3.63, 3.8) is 0 Å². The van der Waals surface area contributed by atoms with E-state index in [1.54, 1.807) is 13.0 Å². The lowest BCUT2D eigenvalue weighted by atomic mass is 10.0. The quantitative estimate of drug-likeness (QED) is 0.365. The topological polar surface area (TPSA) is 60.2 Å². The van der Waals surface area contributed by atoms with Gasteiger partial charge in [0.05, 0.1) is 4.92 Å². The zero-order chi connectivity index (χ0) is 10.9. The van der Waals surface area contributed by atoms with Crippen LogP contribution in [0.4, 0.5) is 5.69 Å². The Morgan fingerprint density at radius 1 is 1.50 bits per heavy atom. The largest absolute Gasteiger partial charge is 0.294 e. The summed E-state index contributed by atoms with van der Waals surface area (Å²) in [5, 5.41) is 10.6. The Bertz CT molecular complexity index is 380. The molecule has 14 heavy (non-hydrogen) atoms. The molecule has 0 radical (unpaired) electrons. The molecule has 1 aromatic carbocycles. The van der Waals surface area contributed by atoms with Crippen molar-refractivity contribution in [1.82, 2.24) is 0 Å². The van der Waals surface area contributed by atoms with Gasteiger partial charge in [-0.3, -0.25) is 14.9 Å². The monoisotopic (exact) mass is 305 g/mol. The average Bonchev–Trinajstić information content (AvgIpc) is 2.07. The van der Waals surface area contributed by atoms with Crippen molar-refractivity contribution in [2.45, 2.75) is 13.8 Å². The van der Waals surface area contributed by atoms with Crippen LogP contribution in [0.3, 0.4) is 0 Å². The fourth-order valence-corrected chi connectivity index (χ4v) is 1.83. The molecule has 0 unspecified atom stereocenters. The number of carbonyl (C=O) groups excluding carboxylic acids is 1. The van der Waals surface area contributed by atoms with Crippen molar-refractivity contribution in [1.29, 1.82) is 0 Å². The zero-order valence-electron chi connectivity index (χ0n) is 7.70. The number of benzene rings is 1. The summed E-state index contributed by atoms with van der Waals surface area (Å²) in [5.74, 6) is -0.149. The van der Waals surface area contributed by atoms with Crippen LogP contribution in [-0.4, -0.2) is 10.7 Å². The first-order valence-corrected chi connectivity index (χ1v) is 4.97. The van der Waals surface area contributed by atoms with Crippen molar-refractivity contribution in [3.8, 4) is 0 Å². The maximum absolute atomic E-state index is 11.2. The first kappa shape index (κ1) is 11.1. The minimum Gasteiger partial charge on any atom is -0.294 e. The van der Waals surface area contributed by atoms with Crippen LogP contribution in [0.25, 0.3) is 0 Å². The van der Waals surface area contributed by atoms with Gasteiger partial charge in [-0.25, -0.2) is 0 Å². The number of nitrogens with zero attached hydrogens (tertiary/aromatic N) is 1. The van der Waals surface area contributed by atoms with Crippen LogP contribution in [0, 0.1) is 20.6 Å². The molecule has 4 nitrogen and oxygen atoms in total. The van der Waals surface area contributed by atoms with Gasteiger partial charge in [-0.1, -0.05) is 0 Å². The lowest BCUT2D eigenvalue weighted by molar-refractivity contribution is -0.385. The Hall–Kier alpha value is -0.980. The maximum Gasteiger partial charge on any atom is 0.274 e. The van der Waals surface area contributed by atoms with Crippen LogP contribution in [-0.2, 0) is 0 Å². The molecule has 1 aromatic rings. The van der Waals surface area contributed by atoms with Gasteiger partial charge in [0.1, 0.15) is 0 Å². The molecule has 0 aliphatic rings. The summed E-state index contributed by atoms with van der Waals surface area (Å²) in [5.41, 5.74) is 0.855. The molecule has 0 fully saturated rings. The van der Waals surface area contributed by atoms with Crippen LogP contribution in [0.15, 0.2) is 12.1 Å². The predicted octanol–water partition coefficient (Wildman–Crippen LogP) is 2.71. The molecule has 1 rings (SSSR count). The minimum atomic E-state index is -0.468. The third-order valence-electron chi connectivity index (χ3n) is 1.92. The number of halogens is 1. The van der Waals surface area contributed by atoms with Gasteiger partial charge in [0.25, 0.3) is 5.69 Å². The van der Waals surface area contributed by atoms with Crippen molar-refractivity contribution in [2.24, 2.45) is 0 Å².